The molecule has 0 saturated heterocycles. The number of benzene rings is 2. The van der Waals surface area contributed by atoms with E-state index < -0.39 is 0 Å². The summed E-state index contributed by atoms with van der Waals surface area (Å²) >= 11 is 0. The summed E-state index contributed by atoms with van der Waals surface area (Å²) in [5.74, 6) is 0. The summed E-state index contributed by atoms with van der Waals surface area (Å²) < 4.78 is 4.96. The van der Waals surface area contributed by atoms with Gasteiger partial charge in [-0.1, -0.05) is 54.6 Å². The molecule has 92 valence electrons. The first-order chi connectivity index (χ1) is 8.81. The molecule has 0 saturated carbocycles. The average Bonchev–Trinajstić information content (AvgIpc) is 2.40. The zero-order valence-electron chi connectivity index (χ0n) is 10.4. The molecule has 2 aromatic rings. The maximum atomic E-state index is 10.3. The second kappa shape index (κ2) is 6.01. The van der Waals surface area contributed by atoms with Gasteiger partial charge in [-0.3, -0.25) is 4.79 Å². The Labute approximate surface area is 107 Å². The molecule has 0 aliphatic carbocycles. The largest absolute Gasteiger partial charge is 0.465 e. The molecular weight excluding hydrogens is 224 g/mol. The minimum atomic E-state index is -0.104. The van der Waals surface area contributed by atoms with Gasteiger partial charge in [0.1, 0.15) is 6.10 Å². The molecule has 0 aliphatic heterocycles. The Morgan fingerprint density at radius 1 is 1.06 bits per heavy atom. The van der Waals surface area contributed by atoms with Gasteiger partial charge in [0.2, 0.25) is 0 Å². The monoisotopic (exact) mass is 240 g/mol. The SMILES string of the molecule is CC(Cc1ccccc1-c1ccccc1)OC=O. The molecule has 0 bridgehead atoms. The summed E-state index contributed by atoms with van der Waals surface area (Å²) in [6.45, 7) is 2.41. The maximum absolute atomic E-state index is 10.3. The lowest BCUT2D eigenvalue weighted by Crippen LogP contribution is -2.11. The third-order valence-corrected chi connectivity index (χ3v) is 2.90. The number of rotatable bonds is 5. The minimum absolute atomic E-state index is 0.104. The van der Waals surface area contributed by atoms with Gasteiger partial charge in [0.05, 0.1) is 0 Å². The lowest BCUT2D eigenvalue weighted by Gasteiger charge is -2.13. The molecule has 1 atom stereocenters. The molecule has 0 heterocycles. The van der Waals surface area contributed by atoms with Crippen LogP contribution in [0.2, 0.25) is 0 Å². The summed E-state index contributed by atoms with van der Waals surface area (Å²) in [5.41, 5.74) is 3.57. The van der Waals surface area contributed by atoms with Gasteiger partial charge in [0, 0.05) is 6.42 Å². The van der Waals surface area contributed by atoms with E-state index in [2.05, 4.69) is 24.3 Å². The standard InChI is InChI=1S/C16H16O2/c1-13(18-12-17)11-15-9-5-6-10-16(15)14-7-3-2-4-8-14/h2-10,12-13H,11H2,1H3. The fraction of sp³-hybridized carbons (Fsp3) is 0.188. The molecule has 0 amide bonds. The molecule has 2 heteroatoms. The van der Waals surface area contributed by atoms with Crippen molar-refractivity contribution < 1.29 is 9.53 Å². The smallest absolute Gasteiger partial charge is 0.293 e. The van der Waals surface area contributed by atoms with Crippen LogP contribution in [-0.2, 0) is 16.0 Å². The maximum Gasteiger partial charge on any atom is 0.293 e. The van der Waals surface area contributed by atoms with Crippen LogP contribution in [0.15, 0.2) is 54.6 Å². The Morgan fingerprint density at radius 2 is 1.72 bits per heavy atom. The summed E-state index contributed by atoms with van der Waals surface area (Å²) in [7, 11) is 0. The molecular formula is C16H16O2. The van der Waals surface area contributed by atoms with E-state index >= 15 is 0 Å². The van der Waals surface area contributed by atoms with Crippen molar-refractivity contribution >= 4 is 6.47 Å². The fourth-order valence-corrected chi connectivity index (χ4v) is 2.05. The highest BCUT2D eigenvalue weighted by molar-refractivity contribution is 5.67. The fourth-order valence-electron chi connectivity index (χ4n) is 2.05. The van der Waals surface area contributed by atoms with Crippen LogP contribution >= 0.6 is 0 Å². The molecule has 2 aromatic carbocycles. The van der Waals surface area contributed by atoms with E-state index in [0.29, 0.717) is 6.47 Å². The van der Waals surface area contributed by atoms with E-state index in [-0.39, 0.29) is 6.10 Å². The Bertz CT molecular complexity index is 506. The van der Waals surface area contributed by atoms with E-state index in [1.807, 2.05) is 37.3 Å². The minimum Gasteiger partial charge on any atom is -0.465 e. The number of hydrogen-bond acceptors (Lipinski definition) is 2. The second-order valence-electron chi connectivity index (χ2n) is 4.27. The highest BCUT2D eigenvalue weighted by atomic mass is 16.5. The molecule has 0 radical (unpaired) electrons. The third kappa shape index (κ3) is 2.98. The normalized spacial score (nSPS) is 11.8. The van der Waals surface area contributed by atoms with E-state index in [0.717, 1.165) is 6.42 Å². The molecule has 18 heavy (non-hydrogen) atoms. The highest BCUT2D eigenvalue weighted by Gasteiger charge is 2.08. The summed E-state index contributed by atoms with van der Waals surface area (Å²) in [5, 5.41) is 0. The van der Waals surface area contributed by atoms with Gasteiger partial charge in [-0.05, 0) is 23.6 Å². The van der Waals surface area contributed by atoms with Gasteiger partial charge < -0.3 is 4.74 Å². The number of carbonyl (C=O) groups is 1. The first-order valence-corrected chi connectivity index (χ1v) is 6.03. The van der Waals surface area contributed by atoms with Crippen LogP contribution in [0, 0.1) is 0 Å². The zero-order chi connectivity index (χ0) is 12.8. The van der Waals surface area contributed by atoms with Crippen molar-refractivity contribution in [2.24, 2.45) is 0 Å². The van der Waals surface area contributed by atoms with Gasteiger partial charge in [-0.2, -0.15) is 0 Å². The van der Waals surface area contributed by atoms with Crippen molar-refractivity contribution in [3.05, 3.63) is 60.2 Å². The van der Waals surface area contributed by atoms with E-state index in [1.54, 1.807) is 0 Å². The number of ether oxygens (including phenoxy) is 1. The second-order valence-corrected chi connectivity index (χ2v) is 4.27. The van der Waals surface area contributed by atoms with Gasteiger partial charge in [0.25, 0.3) is 6.47 Å². The van der Waals surface area contributed by atoms with Gasteiger partial charge >= 0.3 is 0 Å². The first-order valence-electron chi connectivity index (χ1n) is 6.03. The molecule has 0 aromatic heterocycles. The average molecular weight is 240 g/mol. The molecule has 0 N–H and O–H groups in total. The predicted molar refractivity (Wildman–Crippen MR) is 72.2 cm³/mol. The predicted octanol–water partition coefficient (Wildman–Crippen LogP) is 3.46. The lowest BCUT2D eigenvalue weighted by atomic mass is 9.96. The van der Waals surface area contributed by atoms with Crippen LogP contribution in [-0.4, -0.2) is 12.6 Å². The van der Waals surface area contributed by atoms with Gasteiger partial charge in [-0.15, -0.1) is 0 Å². The quantitative estimate of drug-likeness (QED) is 0.748. The van der Waals surface area contributed by atoms with Crippen molar-refractivity contribution in [1.82, 2.24) is 0 Å². The van der Waals surface area contributed by atoms with E-state index in [9.17, 15) is 4.79 Å². The third-order valence-electron chi connectivity index (χ3n) is 2.90. The van der Waals surface area contributed by atoms with Crippen LogP contribution in [0.4, 0.5) is 0 Å². The van der Waals surface area contributed by atoms with Gasteiger partial charge in [0.15, 0.2) is 0 Å². The van der Waals surface area contributed by atoms with Crippen LogP contribution in [0.5, 0.6) is 0 Å². The Kier molecular flexibility index (Phi) is 4.13. The zero-order valence-corrected chi connectivity index (χ0v) is 10.4. The van der Waals surface area contributed by atoms with Crippen LogP contribution in [0.25, 0.3) is 11.1 Å². The Balaban J connectivity index is 2.29. The van der Waals surface area contributed by atoms with Crippen LogP contribution < -0.4 is 0 Å². The lowest BCUT2D eigenvalue weighted by molar-refractivity contribution is -0.132. The van der Waals surface area contributed by atoms with Crippen molar-refractivity contribution in [3.63, 3.8) is 0 Å². The highest BCUT2D eigenvalue weighted by Crippen LogP contribution is 2.24. The van der Waals surface area contributed by atoms with Crippen molar-refractivity contribution in [2.45, 2.75) is 19.4 Å². The molecule has 2 nitrogen and oxygen atoms in total. The molecule has 2 rings (SSSR count). The topological polar surface area (TPSA) is 26.3 Å². The van der Waals surface area contributed by atoms with Gasteiger partial charge in [-0.25, -0.2) is 0 Å². The Hall–Kier alpha value is -2.09. The van der Waals surface area contributed by atoms with Crippen LogP contribution in [0.1, 0.15) is 12.5 Å². The van der Waals surface area contributed by atoms with Crippen LogP contribution in [0.3, 0.4) is 0 Å². The van der Waals surface area contributed by atoms with E-state index in [4.69, 9.17) is 4.74 Å². The Morgan fingerprint density at radius 3 is 2.44 bits per heavy atom. The summed E-state index contributed by atoms with van der Waals surface area (Å²) in [6.07, 6.45) is 0.622. The molecule has 0 fully saturated rings. The van der Waals surface area contributed by atoms with Crippen molar-refractivity contribution in [2.75, 3.05) is 0 Å². The first kappa shape index (κ1) is 12.4. The molecule has 0 aliphatic rings. The summed E-state index contributed by atoms with van der Waals surface area (Å²) in [6, 6.07) is 18.4. The van der Waals surface area contributed by atoms with Crippen molar-refractivity contribution in [1.29, 1.82) is 0 Å². The van der Waals surface area contributed by atoms with Crippen molar-refractivity contribution in [3.8, 4) is 11.1 Å². The molecule has 1 unspecified atom stereocenters. The number of hydrogen-bond donors (Lipinski definition) is 0. The van der Waals surface area contributed by atoms with E-state index in [1.165, 1.54) is 16.7 Å². The summed E-state index contributed by atoms with van der Waals surface area (Å²) in [4.78, 5) is 10.3. The molecule has 0 spiro atoms. The number of carbonyl (C=O) groups excluding carboxylic acids is 1.